The molecule has 3 atom stereocenters. The molecule has 180 valence electrons. The van der Waals surface area contributed by atoms with Crippen molar-refractivity contribution in [3.63, 3.8) is 0 Å². The Morgan fingerprint density at radius 3 is 2.55 bits per heavy atom. The second-order valence-electron chi connectivity index (χ2n) is 8.34. The molecule has 2 aromatic rings. The molecule has 1 saturated carbocycles. The van der Waals surface area contributed by atoms with Crippen LogP contribution in [0.2, 0.25) is 0 Å². The van der Waals surface area contributed by atoms with Crippen LogP contribution >= 0.6 is 8.81 Å². The lowest BCUT2D eigenvalue weighted by atomic mass is 10.0. The molecule has 1 saturated heterocycles. The first kappa shape index (κ1) is 23.9. The van der Waals surface area contributed by atoms with Gasteiger partial charge in [-0.2, -0.15) is 22.0 Å². The lowest BCUT2D eigenvalue weighted by Gasteiger charge is -2.22. The van der Waals surface area contributed by atoms with Gasteiger partial charge in [-0.25, -0.2) is 8.42 Å². The Morgan fingerprint density at radius 2 is 1.97 bits per heavy atom. The summed E-state index contributed by atoms with van der Waals surface area (Å²) in [5.41, 5.74) is -0.738. The fourth-order valence-electron chi connectivity index (χ4n) is 4.03. The van der Waals surface area contributed by atoms with Crippen molar-refractivity contribution in [3.8, 4) is 5.75 Å². The van der Waals surface area contributed by atoms with E-state index < -0.39 is 53.3 Å². The third-order valence-electron chi connectivity index (χ3n) is 5.77. The zero-order valence-electron chi connectivity index (χ0n) is 17.2. The Balaban J connectivity index is 1.61. The molecule has 14 heteroatoms. The topological polar surface area (TPSA) is 89.7 Å². The van der Waals surface area contributed by atoms with Gasteiger partial charge in [-0.05, 0) is 30.5 Å². The lowest BCUT2D eigenvalue weighted by molar-refractivity contribution is -0.0422. The SMILES string of the molecule is CC(F)(F)c1cc(C23CC2CN(C(=O)c2cc(S(C)(=O)=O)ccc2OPC(F)(F)F)C3)no1. The summed E-state index contributed by atoms with van der Waals surface area (Å²) in [5.74, 6) is -9.68. The predicted molar refractivity (Wildman–Crippen MR) is 106 cm³/mol. The molecule has 7 nitrogen and oxygen atoms in total. The molecular weight excluding hydrogens is 494 g/mol. The van der Waals surface area contributed by atoms with E-state index >= 15 is 0 Å². The normalized spacial score (nSPS) is 23.2. The first-order valence-corrected chi connectivity index (χ1v) is 12.4. The van der Waals surface area contributed by atoms with Gasteiger partial charge >= 0.3 is 11.8 Å². The average molecular weight is 512 g/mol. The first-order chi connectivity index (χ1) is 15.1. The molecule has 1 aromatic carbocycles. The number of piperidine rings is 1. The molecule has 33 heavy (non-hydrogen) atoms. The van der Waals surface area contributed by atoms with Gasteiger partial charge in [0.15, 0.2) is 18.6 Å². The van der Waals surface area contributed by atoms with Crippen molar-refractivity contribution < 1.29 is 44.2 Å². The van der Waals surface area contributed by atoms with Gasteiger partial charge in [-0.3, -0.25) is 4.79 Å². The quantitative estimate of drug-likeness (QED) is 0.428. The second-order valence-corrected chi connectivity index (χ2v) is 11.3. The van der Waals surface area contributed by atoms with Crippen LogP contribution in [0.15, 0.2) is 33.7 Å². The monoisotopic (exact) mass is 512 g/mol. The Hall–Kier alpha value is -2.27. The number of sulfone groups is 1. The summed E-state index contributed by atoms with van der Waals surface area (Å²) in [4.78, 5) is 14.3. The van der Waals surface area contributed by atoms with Crippen molar-refractivity contribution in [2.24, 2.45) is 5.92 Å². The summed E-state index contributed by atoms with van der Waals surface area (Å²) in [5, 5.41) is 3.74. The van der Waals surface area contributed by atoms with Gasteiger partial charge in [0.25, 0.3) is 5.91 Å². The molecule has 2 heterocycles. The van der Waals surface area contributed by atoms with E-state index in [1.807, 2.05) is 0 Å². The zero-order valence-corrected chi connectivity index (χ0v) is 19.1. The smallest absolute Gasteiger partial charge is 0.439 e. The summed E-state index contributed by atoms with van der Waals surface area (Å²) in [6.45, 7) is 0.942. The fraction of sp³-hybridized carbons (Fsp3) is 0.474. The molecule has 0 radical (unpaired) electrons. The maximum atomic E-state index is 13.5. The van der Waals surface area contributed by atoms with Crippen molar-refractivity contribution in [1.29, 1.82) is 0 Å². The highest BCUT2D eigenvalue weighted by molar-refractivity contribution is 7.90. The molecule has 2 fully saturated rings. The first-order valence-electron chi connectivity index (χ1n) is 9.60. The Kier molecular flexibility index (Phi) is 5.52. The number of amides is 1. The average Bonchev–Trinajstić information content (AvgIpc) is 3.07. The van der Waals surface area contributed by atoms with E-state index in [4.69, 9.17) is 9.05 Å². The molecule has 1 amide bonds. The van der Waals surface area contributed by atoms with Gasteiger partial charge in [0, 0.05) is 37.8 Å². The number of alkyl halides is 5. The molecule has 1 aliphatic heterocycles. The van der Waals surface area contributed by atoms with E-state index in [2.05, 4.69) is 5.16 Å². The zero-order chi connectivity index (χ0) is 24.4. The van der Waals surface area contributed by atoms with Crippen LogP contribution in [-0.2, 0) is 21.2 Å². The standard InChI is InChI=1S/C19H18F5N2O5PS/c1-17(20,21)15-6-14(25-30-15)18-7-10(18)8-26(9-18)16(27)12-5-11(33(2,28)29)3-4-13(12)31-32-19(22,23)24/h3-6,10,32H,7-9H2,1-2H3. The van der Waals surface area contributed by atoms with Crippen LogP contribution in [0.25, 0.3) is 0 Å². The molecule has 1 aliphatic carbocycles. The number of carbonyl (C=O) groups excluding carboxylic acids is 1. The number of hydrogen-bond acceptors (Lipinski definition) is 6. The number of halogens is 5. The van der Waals surface area contributed by atoms with Crippen molar-refractivity contribution >= 4 is 24.6 Å². The Labute approximate surface area is 187 Å². The van der Waals surface area contributed by atoms with Gasteiger partial charge < -0.3 is 13.9 Å². The predicted octanol–water partition coefficient (Wildman–Crippen LogP) is 4.10. The molecule has 1 aromatic heterocycles. The maximum Gasteiger partial charge on any atom is 0.439 e. The molecule has 3 unspecified atom stereocenters. The van der Waals surface area contributed by atoms with Crippen LogP contribution in [0, 0.1) is 5.92 Å². The number of rotatable bonds is 6. The highest BCUT2D eigenvalue weighted by Crippen LogP contribution is 2.59. The molecular formula is C19H18F5N2O5PS. The van der Waals surface area contributed by atoms with Gasteiger partial charge in [0.2, 0.25) is 5.76 Å². The number of hydrogen-bond donors (Lipinski definition) is 0. The Bertz CT molecular complexity index is 1210. The highest BCUT2D eigenvalue weighted by Gasteiger charge is 2.63. The number of benzene rings is 1. The summed E-state index contributed by atoms with van der Waals surface area (Å²) in [7, 11) is -5.69. The number of fused-ring (bicyclic) bond motifs is 1. The number of nitrogens with zero attached hydrogens (tertiary/aromatic N) is 2. The van der Waals surface area contributed by atoms with E-state index in [0.29, 0.717) is 13.3 Å². The molecule has 2 aliphatic rings. The largest absolute Gasteiger partial charge is 0.467 e. The van der Waals surface area contributed by atoms with Gasteiger partial charge in [0.1, 0.15) is 5.75 Å². The third kappa shape index (κ3) is 4.70. The molecule has 4 rings (SSSR count). The molecule has 0 N–H and O–H groups in total. The minimum atomic E-state index is -4.64. The number of carbonyl (C=O) groups is 1. The second kappa shape index (κ2) is 7.63. The van der Waals surface area contributed by atoms with Crippen LogP contribution in [-0.4, -0.2) is 49.6 Å². The summed E-state index contributed by atoms with van der Waals surface area (Å²) in [6, 6.07) is 4.21. The number of likely N-dealkylation sites (tertiary alicyclic amines) is 1. The van der Waals surface area contributed by atoms with Gasteiger partial charge in [-0.15, -0.1) is 0 Å². The van der Waals surface area contributed by atoms with Crippen LogP contribution < -0.4 is 4.52 Å². The molecule has 0 bridgehead atoms. The highest BCUT2D eigenvalue weighted by atomic mass is 32.2. The Morgan fingerprint density at radius 1 is 1.27 bits per heavy atom. The summed E-state index contributed by atoms with van der Waals surface area (Å²) in [6.07, 6.45) is 1.49. The lowest BCUT2D eigenvalue weighted by Crippen LogP contribution is -2.33. The van der Waals surface area contributed by atoms with E-state index in [1.165, 1.54) is 4.90 Å². The van der Waals surface area contributed by atoms with Crippen LogP contribution in [0.5, 0.6) is 5.75 Å². The third-order valence-corrected chi connectivity index (χ3v) is 7.44. The van der Waals surface area contributed by atoms with E-state index in [9.17, 15) is 35.2 Å². The minimum Gasteiger partial charge on any atom is -0.467 e. The van der Waals surface area contributed by atoms with E-state index in [0.717, 1.165) is 30.5 Å². The minimum absolute atomic E-state index is 0.0713. The van der Waals surface area contributed by atoms with E-state index in [1.54, 1.807) is 0 Å². The molecule has 0 spiro atoms. The fourth-order valence-corrected chi connectivity index (χ4v) is 5.08. The van der Waals surface area contributed by atoms with Crippen LogP contribution in [0.1, 0.15) is 35.2 Å². The summed E-state index contributed by atoms with van der Waals surface area (Å²) < 4.78 is 98.3. The summed E-state index contributed by atoms with van der Waals surface area (Å²) >= 11 is 0. The van der Waals surface area contributed by atoms with E-state index in [-0.39, 0.29) is 35.2 Å². The van der Waals surface area contributed by atoms with Crippen molar-refractivity contribution in [2.75, 3.05) is 19.3 Å². The van der Waals surface area contributed by atoms with Gasteiger partial charge in [-0.1, -0.05) is 5.16 Å². The van der Waals surface area contributed by atoms with Crippen LogP contribution in [0.4, 0.5) is 22.0 Å². The van der Waals surface area contributed by atoms with Crippen molar-refractivity contribution in [3.05, 3.63) is 41.3 Å². The maximum absolute atomic E-state index is 13.5. The van der Waals surface area contributed by atoms with Gasteiger partial charge in [0.05, 0.1) is 16.2 Å². The van der Waals surface area contributed by atoms with Crippen LogP contribution in [0.3, 0.4) is 0 Å². The van der Waals surface area contributed by atoms with Crippen molar-refractivity contribution in [1.82, 2.24) is 10.1 Å². The number of aromatic nitrogens is 1. The van der Waals surface area contributed by atoms with Crippen molar-refractivity contribution in [2.45, 2.75) is 35.5 Å².